The van der Waals surface area contributed by atoms with Crippen LogP contribution in [-0.2, 0) is 15.1 Å². The van der Waals surface area contributed by atoms with E-state index in [0.29, 0.717) is 11.1 Å². The SMILES string of the molecule is NNC(=O)C(=O)C(NN)(c1ccccc1)c1ccccc1. The van der Waals surface area contributed by atoms with E-state index in [9.17, 15) is 9.59 Å². The number of hydrogen-bond donors (Lipinski definition) is 4. The van der Waals surface area contributed by atoms with Crippen LogP contribution in [0, 0.1) is 0 Å². The maximum atomic E-state index is 12.6. The van der Waals surface area contributed by atoms with E-state index in [1.165, 1.54) is 0 Å². The van der Waals surface area contributed by atoms with Gasteiger partial charge in [0.1, 0.15) is 0 Å². The van der Waals surface area contributed by atoms with Crippen molar-refractivity contribution < 1.29 is 9.59 Å². The van der Waals surface area contributed by atoms with Crippen LogP contribution in [0.4, 0.5) is 0 Å². The predicted octanol–water partition coefficient (Wildman–Crippen LogP) is -0.0475. The number of Topliss-reactive ketones (excluding diaryl/α,β-unsaturated/α-hetero) is 1. The van der Waals surface area contributed by atoms with Gasteiger partial charge in [-0.25, -0.2) is 11.3 Å². The van der Waals surface area contributed by atoms with E-state index in [-0.39, 0.29) is 0 Å². The summed E-state index contributed by atoms with van der Waals surface area (Å²) in [5.41, 5.74) is 3.96. The molecule has 0 heterocycles. The molecule has 0 spiro atoms. The quantitative estimate of drug-likeness (QED) is 0.266. The average Bonchev–Trinajstić information content (AvgIpc) is 2.57. The fourth-order valence-corrected chi connectivity index (χ4v) is 2.27. The summed E-state index contributed by atoms with van der Waals surface area (Å²) in [7, 11) is 0. The summed E-state index contributed by atoms with van der Waals surface area (Å²) in [5.74, 6) is 9.05. The highest BCUT2D eigenvalue weighted by Gasteiger charge is 2.44. The van der Waals surface area contributed by atoms with E-state index < -0.39 is 17.2 Å². The zero-order valence-electron chi connectivity index (χ0n) is 11.2. The summed E-state index contributed by atoms with van der Waals surface area (Å²) >= 11 is 0. The molecule has 1 amide bonds. The van der Waals surface area contributed by atoms with Gasteiger partial charge in [0.25, 0.3) is 5.78 Å². The molecule has 2 rings (SSSR count). The molecule has 2 aromatic rings. The monoisotopic (exact) mass is 284 g/mol. The number of hydrogen-bond acceptors (Lipinski definition) is 5. The molecule has 6 N–H and O–H groups in total. The number of ketones is 1. The molecule has 0 aliphatic rings. The molecule has 0 aromatic heterocycles. The van der Waals surface area contributed by atoms with Gasteiger partial charge >= 0.3 is 5.91 Å². The van der Waals surface area contributed by atoms with E-state index >= 15 is 0 Å². The minimum Gasteiger partial charge on any atom is -0.287 e. The maximum absolute atomic E-state index is 12.6. The molecule has 0 bridgehead atoms. The Morgan fingerprint density at radius 2 is 1.24 bits per heavy atom. The average molecular weight is 284 g/mol. The molecular formula is C15H16N4O2. The Labute approximate surface area is 122 Å². The van der Waals surface area contributed by atoms with E-state index in [2.05, 4.69) is 5.43 Å². The van der Waals surface area contributed by atoms with Gasteiger partial charge in [-0.15, -0.1) is 0 Å². The first-order valence-electron chi connectivity index (χ1n) is 6.31. The molecular weight excluding hydrogens is 268 g/mol. The molecule has 2 aromatic carbocycles. The van der Waals surface area contributed by atoms with Gasteiger partial charge in [0.2, 0.25) is 0 Å². The summed E-state index contributed by atoms with van der Waals surface area (Å²) in [4.78, 5) is 24.4. The van der Waals surface area contributed by atoms with Gasteiger partial charge in [0, 0.05) is 0 Å². The smallest absolute Gasteiger partial charge is 0.287 e. The molecule has 6 nitrogen and oxygen atoms in total. The Morgan fingerprint density at radius 3 is 1.57 bits per heavy atom. The van der Waals surface area contributed by atoms with Gasteiger partial charge in [0.15, 0.2) is 5.54 Å². The van der Waals surface area contributed by atoms with E-state index in [4.69, 9.17) is 11.7 Å². The van der Waals surface area contributed by atoms with Gasteiger partial charge in [-0.05, 0) is 11.1 Å². The van der Waals surface area contributed by atoms with Crippen molar-refractivity contribution in [3.05, 3.63) is 71.8 Å². The van der Waals surface area contributed by atoms with Gasteiger partial charge in [0.05, 0.1) is 0 Å². The molecule has 108 valence electrons. The Morgan fingerprint density at radius 1 is 0.810 bits per heavy atom. The van der Waals surface area contributed by atoms with Crippen LogP contribution in [0.25, 0.3) is 0 Å². The number of benzene rings is 2. The Hall–Kier alpha value is -2.54. The Kier molecular flexibility index (Phi) is 4.44. The van der Waals surface area contributed by atoms with Crippen LogP contribution in [0.5, 0.6) is 0 Å². The largest absolute Gasteiger partial charge is 0.304 e. The standard InChI is InChI=1S/C15H16N4O2/c16-18-14(21)13(20)15(19-17,11-7-3-1-4-8-11)12-9-5-2-6-10-12/h1-10,19H,16-17H2,(H,18,21). The lowest BCUT2D eigenvalue weighted by atomic mass is 9.79. The third-order valence-corrected chi connectivity index (χ3v) is 3.31. The van der Waals surface area contributed by atoms with Crippen molar-refractivity contribution in [2.45, 2.75) is 5.54 Å². The zero-order chi connectivity index (χ0) is 15.3. The highest BCUT2D eigenvalue weighted by atomic mass is 16.2. The Bertz CT molecular complexity index is 589. The summed E-state index contributed by atoms with van der Waals surface area (Å²) < 4.78 is 0. The molecule has 0 saturated heterocycles. The molecule has 6 heteroatoms. The molecule has 0 aliphatic carbocycles. The fraction of sp³-hybridized carbons (Fsp3) is 0.0667. The number of amides is 1. The first kappa shape index (κ1) is 14.9. The lowest BCUT2D eigenvalue weighted by molar-refractivity contribution is -0.141. The van der Waals surface area contributed by atoms with Crippen LogP contribution < -0.4 is 22.5 Å². The third kappa shape index (κ3) is 2.55. The molecule has 21 heavy (non-hydrogen) atoms. The third-order valence-electron chi connectivity index (χ3n) is 3.31. The highest BCUT2D eigenvalue weighted by molar-refractivity contribution is 6.40. The number of carbonyl (C=O) groups is 2. The Balaban J connectivity index is 2.69. The summed E-state index contributed by atoms with van der Waals surface area (Å²) in [5, 5.41) is 0. The van der Waals surface area contributed by atoms with Crippen molar-refractivity contribution in [3.63, 3.8) is 0 Å². The van der Waals surface area contributed by atoms with E-state index in [0.717, 1.165) is 0 Å². The van der Waals surface area contributed by atoms with Crippen molar-refractivity contribution in [2.24, 2.45) is 11.7 Å². The van der Waals surface area contributed by atoms with Crippen molar-refractivity contribution >= 4 is 11.7 Å². The number of nitrogens with two attached hydrogens (primary N) is 2. The van der Waals surface area contributed by atoms with E-state index in [1.807, 2.05) is 17.6 Å². The molecule has 0 aliphatic heterocycles. The first-order valence-corrected chi connectivity index (χ1v) is 6.31. The number of carbonyl (C=O) groups excluding carboxylic acids is 2. The van der Waals surface area contributed by atoms with Crippen LogP contribution in [0.3, 0.4) is 0 Å². The number of hydrazine groups is 2. The van der Waals surface area contributed by atoms with Gasteiger partial charge < -0.3 is 0 Å². The highest BCUT2D eigenvalue weighted by Crippen LogP contribution is 2.30. The van der Waals surface area contributed by atoms with Crippen LogP contribution >= 0.6 is 0 Å². The minimum atomic E-state index is -1.49. The second-order valence-corrected chi connectivity index (χ2v) is 4.43. The second kappa shape index (κ2) is 6.27. The maximum Gasteiger partial charge on any atom is 0.304 e. The summed E-state index contributed by atoms with van der Waals surface area (Å²) in [6.45, 7) is 0. The number of rotatable bonds is 5. The summed E-state index contributed by atoms with van der Waals surface area (Å²) in [6, 6.07) is 17.5. The van der Waals surface area contributed by atoms with Crippen LogP contribution in [0.2, 0.25) is 0 Å². The first-order chi connectivity index (χ1) is 10.2. The van der Waals surface area contributed by atoms with Gasteiger partial charge in [-0.1, -0.05) is 60.7 Å². The normalized spacial score (nSPS) is 11.0. The molecule has 0 saturated carbocycles. The van der Waals surface area contributed by atoms with Crippen molar-refractivity contribution in [3.8, 4) is 0 Å². The van der Waals surface area contributed by atoms with Crippen molar-refractivity contribution in [1.29, 1.82) is 0 Å². The van der Waals surface area contributed by atoms with E-state index in [1.54, 1.807) is 48.5 Å². The fourth-order valence-electron chi connectivity index (χ4n) is 2.27. The minimum absolute atomic E-state index is 0.548. The van der Waals surface area contributed by atoms with Crippen molar-refractivity contribution in [2.75, 3.05) is 0 Å². The topological polar surface area (TPSA) is 110 Å². The molecule has 0 atom stereocenters. The number of nitrogens with one attached hydrogen (secondary N) is 2. The van der Waals surface area contributed by atoms with Crippen LogP contribution in [-0.4, -0.2) is 11.7 Å². The lowest BCUT2D eigenvalue weighted by Gasteiger charge is -2.31. The molecule has 0 unspecified atom stereocenters. The van der Waals surface area contributed by atoms with Crippen LogP contribution in [0.1, 0.15) is 11.1 Å². The lowest BCUT2D eigenvalue weighted by Crippen LogP contribution is -2.58. The van der Waals surface area contributed by atoms with Crippen molar-refractivity contribution in [1.82, 2.24) is 10.9 Å². The molecule has 0 radical (unpaired) electrons. The van der Waals surface area contributed by atoms with Gasteiger partial charge in [-0.3, -0.25) is 20.9 Å². The predicted molar refractivity (Wildman–Crippen MR) is 78.3 cm³/mol. The second-order valence-electron chi connectivity index (χ2n) is 4.43. The van der Waals surface area contributed by atoms with Crippen LogP contribution in [0.15, 0.2) is 60.7 Å². The summed E-state index contributed by atoms with van der Waals surface area (Å²) in [6.07, 6.45) is 0. The zero-order valence-corrected chi connectivity index (χ0v) is 11.2. The van der Waals surface area contributed by atoms with Gasteiger partial charge in [-0.2, -0.15) is 0 Å². The molecule has 0 fully saturated rings.